The van der Waals surface area contributed by atoms with E-state index >= 15 is 0 Å². The average Bonchev–Trinajstić information content (AvgIpc) is 3.23. The minimum absolute atomic E-state index is 0.193. The monoisotopic (exact) mass is 268 g/mol. The summed E-state index contributed by atoms with van der Waals surface area (Å²) in [6.07, 6.45) is 2.56. The zero-order valence-corrected chi connectivity index (χ0v) is 11.8. The maximum absolute atomic E-state index is 13.8. The lowest BCUT2D eigenvalue weighted by Crippen LogP contribution is -2.38. The second kappa shape index (κ2) is 5.97. The Morgan fingerprint density at radius 1 is 1.37 bits per heavy atom. The molecule has 0 aromatic heterocycles. The molecule has 0 bridgehead atoms. The van der Waals surface area contributed by atoms with E-state index in [2.05, 4.69) is 17.1 Å². The summed E-state index contributed by atoms with van der Waals surface area (Å²) in [5.74, 6) is -0.759. The summed E-state index contributed by atoms with van der Waals surface area (Å²) >= 11 is 0. The first-order valence-electron chi connectivity index (χ1n) is 6.86. The number of halogens is 2. The quantitative estimate of drug-likeness (QED) is 0.853. The number of hydrogen-bond donors (Lipinski definition) is 1. The molecule has 2 unspecified atom stereocenters. The van der Waals surface area contributed by atoms with Crippen molar-refractivity contribution in [2.24, 2.45) is 5.92 Å². The van der Waals surface area contributed by atoms with Gasteiger partial charge in [0.15, 0.2) is 11.6 Å². The van der Waals surface area contributed by atoms with Gasteiger partial charge in [-0.25, -0.2) is 8.78 Å². The van der Waals surface area contributed by atoms with Crippen molar-refractivity contribution >= 4 is 0 Å². The van der Waals surface area contributed by atoms with E-state index < -0.39 is 11.6 Å². The molecular weight excluding hydrogens is 246 g/mol. The minimum Gasteiger partial charge on any atom is -0.312 e. The highest BCUT2D eigenvalue weighted by molar-refractivity contribution is 5.23. The first kappa shape index (κ1) is 14.4. The number of benzene rings is 1. The minimum atomic E-state index is -0.782. The van der Waals surface area contributed by atoms with Crippen LogP contribution in [0.15, 0.2) is 18.2 Å². The predicted octanol–water partition coefficient (Wildman–Crippen LogP) is 2.96. The largest absolute Gasteiger partial charge is 0.312 e. The third-order valence-electron chi connectivity index (χ3n) is 4.18. The number of likely N-dealkylation sites (N-methyl/N-ethyl adjacent to an activating group) is 2. The van der Waals surface area contributed by atoms with Gasteiger partial charge in [0.05, 0.1) is 0 Å². The van der Waals surface area contributed by atoms with E-state index in [1.54, 1.807) is 19.2 Å². The molecule has 0 spiro atoms. The van der Waals surface area contributed by atoms with Crippen molar-refractivity contribution in [2.75, 3.05) is 20.6 Å². The zero-order chi connectivity index (χ0) is 14.0. The van der Waals surface area contributed by atoms with Crippen molar-refractivity contribution in [3.8, 4) is 0 Å². The lowest BCUT2D eigenvalue weighted by molar-refractivity contribution is 0.211. The Kier molecular flexibility index (Phi) is 4.53. The molecule has 2 atom stereocenters. The van der Waals surface area contributed by atoms with Crippen molar-refractivity contribution in [1.29, 1.82) is 0 Å². The lowest BCUT2D eigenvalue weighted by Gasteiger charge is -2.29. The molecule has 1 aromatic rings. The Hall–Kier alpha value is -1.00. The Labute approximate surface area is 113 Å². The van der Waals surface area contributed by atoms with Gasteiger partial charge in [-0.3, -0.25) is 0 Å². The molecule has 1 aliphatic carbocycles. The summed E-state index contributed by atoms with van der Waals surface area (Å²) in [6, 6.07) is 4.66. The molecule has 1 saturated carbocycles. The van der Waals surface area contributed by atoms with Crippen LogP contribution in [0.5, 0.6) is 0 Å². The van der Waals surface area contributed by atoms with E-state index in [4.69, 9.17) is 0 Å². The first-order valence-corrected chi connectivity index (χ1v) is 6.86. The standard InChI is InChI=1S/C15H22F2N2/c1-10(11-7-8-11)19(3)9-14(18-2)12-5-4-6-13(16)15(12)17/h4-6,10-11,14,18H,7-9H2,1-3H3. The van der Waals surface area contributed by atoms with Crippen LogP contribution in [0.4, 0.5) is 8.78 Å². The predicted molar refractivity (Wildman–Crippen MR) is 73.0 cm³/mol. The van der Waals surface area contributed by atoms with E-state index in [-0.39, 0.29) is 6.04 Å². The molecule has 1 aromatic carbocycles. The maximum Gasteiger partial charge on any atom is 0.163 e. The number of nitrogens with one attached hydrogen (secondary N) is 1. The van der Waals surface area contributed by atoms with Crippen LogP contribution in [-0.2, 0) is 0 Å². The van der Waals surface area contributed by atoms with Gasteiger partial charge in [-0.05, 0) is 45.8 Å². The van der Waals surface area contributed by atoms with Crippen LogP contribution >= 0.6 is 0 Å². The van der Waals surface area contributed by atoms with Crippen LogP contribution in [0.25, 0.3) is 0 Å². The Morgan fingerprint density at radius 2 is 2.05 bits per heavy atom. The number of rotatable bonds is 6. The number of hydrogen-bond acceptors (Lipinski definition) is 2. The number of nitrogens with zero attached hydrogens (tertiary/aromatic N) is 1. The van der Waals surface area contributed by atoms with Gasteiger partial charge in [-0.2, -0.15) is 0 Å². The molecule has 1 fully saturated rings. The first-order chi connectivity index (χ1) is 9.04. The van der Waals surface area contributed by atoms with Crippen LogP contribution in [0, 0.1) is 17.6 Å². The molecule has 0 saturated heterocycles. The summed E-state index contributed by atoms with van der Waals surface area (Å²) in [5, 5.41) is 3.08. The van der Waals surface area contributed by atoms with Crippen molar-refractivity contribution in [1.82, 2.24) is 10.2 Å². The summed E-state index contributed by atoms with van der Waals surface area (Å²) in [5.41, 5.74) is 0.400. The van der Waals surface area contributed by atoms with Crippen LogP contribution in [-0.4, -0.2) is 31.6 Å². The molecular formula is C15H22F2N2. The fourth-order valence-corrected chi connectivity index (χ4v) is 2.53. The second-order valence-corrected chi connectivity index (χ2v) is 5.50. The van der Waals surface area contributed by atoms with Gasteiger partial charge in [0.2, 0.25) is 0 Å². The molecule has 4 heteroatoms. The Bertz CT molecular complexity index is 432. The average molecular weight is 268 g/mol. The summed E-state index contributed by atoms with van der Waals surface area (Å²) in [7, 11) is 3.83. The van der Waals surface area contributed by atoms with Gasteiger partial charge < -0.3 is 10.2 Å². The molecule has 2 nitrogen and oxygen atoms in total. The summed E-state index contributed by atoms with van der Waals surface area (Å²) < 4.78 is 27.1. The molecule has 1 aliphatic rings. The topological polar surface area (TPSA) is 15.3 Å². The maximum atomic E-state index is 13.8. The van der Waals surface area contributed by atoms with Crippen molar-refractivity contribution < 1.29 is 8.78 Å². The molecule has 0 amide bonds. The smallest absolute Gasteiger partial charge is 0.163 e. The molecule has 1 N–H and O–H groups in total. The third kappa shape index (κ3) is 3.31. The molecule has 106 valence electrons. The van der Waals surface area contributed by atoms with E-state index in [1.807, 2.05) is 7.05 Å². The van der Waals surface area contributed by atoms with Crippen molar-refractivity contribution in [2.45, 2.75) is 31.8 Å². The van der Waals surface area contributed by atoms with E-state index in [0.717, 1.165) is 12.0 Å². The lowest BCUT2D eigenvalue weighted by atomic mass is 10.0. The van der Waals surface area contributed by atoms with Gasteiger partial charge in [-0.1, -0.05) is 12.1 Å². The molecule has 0 heterocycles. The van der Waals surface area contributed by atoms with E-state index in [1.165, 1.54) is 12.8 Å². The van der Waals surface area contributed by atoms with Crippen LogP contribution in [0.1, 0.15) is 31.4 Å². The zero-order valence-electron chi connectivity index (χ0n) is 11.8. The van der Waals surface area contributed by atoms with Crippen LogP contribution in [0.3, 0.4) is 0 Å². The van der Waals surface area contributed by atoms with Crippen LogP contribution in [0.2, 0.25) is 0 Å². The normalized spacial score (nSPS) is 18.6. The second-order valence-electron chi connectivity index (χ2n) is 5.50. The Balaban J connectivity index is 2.08. The van der Waals surface area contributed by atoms with E-state index in [0.29, 0.717) is 18.2 Å². The highest BCUT2D eigenvalue weighted by atomic mass is 19.2. The van der Waals surface area contributed by atoms with Gasteiger partial charge in [0.25, 0.3) is 0 Å². The molecule has 0 radical (unpaired) electrons. The van der Waals surface area contributed by atoms with Crippen LogP contribution < -0.4 is 5.32 Å². The fraction of sp³-hybridized carbons (Fsp3) is 0.600. The highest BCUT2D eigenvalue weighted by Gasteiger charge is 2.31. The Morgan fingerprint density at radius 3 is 2.63 bits per heavy atom. The van der Waals surface area contributed by atoms with Gasteiger partial charge >= 0.3 is 0 Å². The summed E-state index contributed by atoms with van der Waals surface area (Å²) in [4.78, 5) is 2.23. The van der Waals surface area contributed by atoms with Gasteiger partial charge in [0.1, 0.15) is 0 Å². The molecule has 0 aliphatic heterocycles. The fourth-order valence-electron chi connectivity index (χ4n) is 2.53. The van der Waals surface area contributed by atoms with Crippen molar-refractivity contribution in [3.05, 3.63) is 35.4 Å². The van der Waals surface area contributed by atoms with Crippen molar-refractivity contribution in [3.63, 3.8) is 0 Å². The van der Waals surface area contributed by atoms with Gasteiger partial charge in [-0.15, -0.1) is 0 Å². The SMILES string of the molecule is CNC(CN(C)C(C)C1CC1)c1cccc(F)c1F. The highest BCUT2D eigenvalue weighted by Crippen LogP contribution is 2.35. The summed E-state index contributed by atoms with van der Waals surface area (Å²) in [6.45, 7) is 2.88. The molecule has 2 rings (SSSR count). The van der Waals surface area contributed by atoms with Gasteiger partial charge in [0, 0.05) is 24.2 Å². The third-order valence-corrected chi connectivity index (χ3v) is 4.18. The van der Waals surface area contributed by atoms with E-state index in [9.17, 15) is 8.78 Å². The molecule has 19 heavy (non-hydrogen) atoms.